The molecule has 0 unspecified atom stereocenters. The van der Waals surface area contributed by atoms with Crippen molar-refractivity contribution in [1.29, 1.82) is 0 Å². The van der Waals surface area contributed by atoms with Crippen molar-refractivity contribution in [3.05, 3.63) is 84.6 Å². The Labute approximate surface area is 192 Å². The second-order valence-electron chi connectivity index (χ2n) is 8.39. The molecule has 3 aromatic carbocycles. The highest BCUT2D eigenvalue weighted by Crippen LogP contribution is 2.28. The molecule has 0 aliphatic carbocycles. The van der Waals surface area contributed by atoms with Gasteiger partial charge in [-0.25, -0.2) is 4.98 Å². The van der Waals surface area contributed by atoms with Gasteiger partial charge in [0.05, 0.1) is 36.3 Å². The molecule has 0 saturated carbocycles. The van der Waals surface area contributed by atoms with E-state index in [0.29, 0.717) is 6.42 Å². The fourth-order valence-electron chi connectivity index (χ4n) is 4.38. The van der Waals surface area contributed by atoms with Gasteiger partial charge in [0.25, 0.3) is 0 Å². The zero-order valence-electron chi connectivity index (χ0n) is 18.3. The third-order valence-corrected chi connectivity index (χ3v) is 6.12. The molecule has 6 nitrogen and oxygen atoms in total. The van der Waals surface area contributed by atoms with Crippen LogP contribution in [-0.4, -0.2) is 40.2 Å². The normalized spacial score (nSPS) is 15.7. The van der Waals surface area contributed by atoms with Crippen LogP contribution >= 0.6 is 0 Å². The summed E-state index contributed by atoms with van der Waals surface area (Å²) >= 11 is 0. The van der Waals surface area contributed by atoms with Crippen molar-refractivity contribution in [2.75, 3.05) is 23.4 Å². The molecule has 1 fully saturated rings. The number of nitrogens with zero attached hydrogens (tertiary/aromatic N) is 3. The summed E-state index contributed by atoms with van der Waals surface area (Å²) < 4.78 is 0. The van der Waals surface area contributed by atoms with Crippen molar-refractivity contribution in [2.45, 2.75) is 25.3 Å². The number of aliphatic hydroxyl groups excluding tert-OH is 1. The molecule has 1 aliphatic rings. The Morgan fingerprint density at radius 3 is 2.58 bits per heavy atom. The smallest absolute Gasteiger partial charge is 0.228 e. The second kappa shape index (κ2) is 9.38. The first-order valence-corrected chi connectivity index (χ1v) is 11.3. The van der Waals surface area contributed by atoms with Gasteiger partial charge in [-0.2, -0.15) is 0 Å². The number of aromatic nitrogens is 2. The predicted molar refractivity (Wildman–Crippen MR) is 131 cm³/mol. The average Bonchev–Trinajstić information content (AvgIpc) is 3.33. The number of anilines is 2. The molecule has 0 spiro atoms. The summed E-state index contributed by atoms with van der Waals surface area (Å²) in [5.74, 6) is 0.776. The number of amides is 1. The van der Waals surface area contributed by atoms with Gasteiger partial charge in [-0.05, 0) is 53.8 Å². The van der Waals surface area contributed by atoms with Crippen molar-refractivity contribution in [3.63, 3.8) is 0 Å². The van der Waals surface area contributed by atoms with Gasteiger partial charge in [0.1, 0.15) is 5.82 Å². The van der Waals surface area contributed by atoms with Crippen LogP contribution in [0.25, 0.3) is 22.2 Å². The predicted octanol–water partition coefficient (Wildman–Crippen LogP) is 4.44. The Hall–Kier alpha value is -3.77. The molecule has 1 aliphatic heterocycles. The van der Waals surface area contributed by atoms with E-state index in [1.807, 2.05) is 72.8 Å². The first-order valence-electron chi connectivity index (χ1n) is 11.3. The molecule has 1 atom stereocenters. The maximum absolute atomic E-state index is 12.3. The van der Waals surface area contributed by atoms with Crippen LogP contribution in [0.15, 0.2) is 79.0 Å². The zero-order valence-corrected chi connectivity index (χ0v) is 18.3. The molecule has 1 saturated heterocycles. The van der Waals surface area contributed by atoms with Crippen LogP contribution in [0.4, 0.5) is 11.5 Å². The number of nitrogens with one attached hydrogen (secondary N) is 1. The van der Waals surface area contributed by atoms with Crippen molar-refractivity contribution >= 4 is 28.4 Å². The number of rotatable bonds is 6. The zero-order chi connectivity index (χ0) is 22.6. The molecule has 1 aromatic heterocycles. The van der Waals surface area contributed by atoms with Gasteiger partial charge in [0, 0.05) is 12.2 Å². The molecule has 5 rings (SSSR count). The van der Waals surface area contributed by atoms with E-state index < -0.39 is 0 Å². The first kappa shape index (κ1) is 21.1. The van der Waals surface area contributed by atoms with E-state index >= 15 is 0 Å². The van der Waals surface area contributed by atoms with E-state index in [1.165, 1.54) is 0 Å². The number of benzene rings is 3. The quantitative estimate of drug-likeness (QED) is 0.465. The minimum absolute atomic E-state index is 0.0365. The van der Waals surface area contributed by atoms with Crippen molar-refractivity contribution in [1.82, 2.24) is 9.97 Å². The number of carbonyl (C=O) groups excluding carboxylic acids is 1. The lowest BCUT2D eigenvalue weighted by atomic mass is 10.0. The number of carbonyl (C=O) groups is 1. The summed E-state index contributed by atoms with van der Waals surface area (Å²) in [7, 11) is 0. The molecular weight excluding hydrogens is 412 g/mol. The van der Waals surface area contributed by atoms with E-state index in [2.05, 4.69) is 15.2 Å². The van der Waals surface area contributed by atoms with E-state index in [9.17, 15) is 9.90 Å². The molecule has 2 heterocycles. The van der Waals surface area contributed by atoms with E-state index in [4.69, 9.17) is 4.98 Å². The highest BCUT2D eigenvalue weighted by molar-refractivity contribution is 5.92. The van der Waals surface area contributed by atoms with Crippen LogP contribution in [0.5, 0.6) is 0 Å². The van der Waals surface area contributed by atoms with Gasteiger partial charge < -0.3 is 15.3 Å². The monoisotopic (exact) mass is 438 g/mol. The Balaban J connectivity index is 1.32. The van der Waals surface area contributed by atoms with Crippen LogP contribution in [0, 0.1) is 0 Å². The van der Waals surface area contributed by atoms with Gasteiger partial charge >= 0.3 is 0 Å². The highest BCUT2D eigenvalue weighted by atomic mass is 16.3. The average molecular weight is 439 g/mol. The van der Waals surface area contributed by atoms with Gasteiger partial charge in [0.15, 0.2) is 0 Å². The number of hydrogen-bond donors (Lipinski definition) is 2. The molecule has 1 amide bonds. The molecule has 166 valence electrons. The van der Waals surface area contributed by atoms with Crippen molar-refractivity contribution < 1.29 is 9.90 Å². The lowest BCUT2D eigenvalue weighted by Gasteiger charge is -2.23. The molecular formula is C27H26N4O2. The summed E-state index contributed by atoms with van der Waals surface area (Å²) in [6, 6.07) is 23.7. The highest BCUT2D eigenvalue weighted by Gasteiger charge is 2.25. The maximum Gasteiger partial charge on any atom is 0.228 e. The van der Waals surface area contributed by atoms with Crippen LogP contribution in [0.2, 0.25) is 0 Å². The lowest BCUT2D eigenvalue weighted by molar-refractivity contribution is -0.115. The molecule has 0 radical (unpaired) electrons. The van der Waals surface area contributed by atoms with Gasteiger partial charge in [0.2, 0.25) is 5.91 Å². The minimum atomic E-state index is -0.0365. The third-order valence-electron chi connectivity index (χ3n) is 6.12. The standard InChI is InChI=1S/C27H26N4O2/c32-18-23-7-4-14-31(23)26-17-28-24-13-10-21(16-25(24)30-26)20-8-11-22(12-9-20)29-27(33)15-19-5-2-1-3-6-19/h1-3,5-6,8-13,16-17,23,32H,4,7,14-15,18H2,(H,29,33)/t23-/m0/s1. The summed E-state index contributed by atoms with van der Waals surface area (Å²) in [5.41, 5.74) is 5.51. The van der Waals surface area contributed by atoms with Gasteiger partial charge in [-0.1, -0.05) is 48.5 Å². The van der Waals surface area contributed by atoms with Crippen LogP contribution in [0.3, 0.4) is 0 Å². The van der Waals surface area contributed by atoms with E-state index in [0.717, 1.165) is 58.6 Å². The van der Waals surface area contributed by atoms with Gasteiger partial charge in [-0.15, -0.1) is 0 Å². The molecule has 33 heavy (non-hydrogen) atoms. The van der Waals surface area contributed by atoms with E-state index in [1.54, 1.807) is 6.20 Å². The summed E-state index contributed by atoms with van der Waals surface area (Å²) in [5, 5.41) is 12.6. The maximum atomic E-state index is 12.3. The SMILES string of the molecule is O=C(Cc1ccccc1)Nc1ccc(-c2ccc3ncc(N4CCC[C@H]4CO)nc3c2)cc1. The third kappa shape index (κ3) is 4.71. The van der Waals surface area contributed by atoms with Crippen LogP contribution in [0.1, 0.15) is 18.4 Å². The van der Waals surface area contributed by atoms with Crippen LogP contribution < -0.4 is 10.2 Å². The second-order valence-corrected chi connectivity index (χ2v) is 8.39. The molecule has 2 N–H and O–H groups in total. The lowest BCUT2D eigenvalue weighted by Crippen LogP contribution is -2.32. The number of aliphatic hydroxyl groups is 1. The Morgan fingerprint density at radius 1 is 1.00 bits per heavy atom. The molecule has 6 heteroatoms. The van der Waals surface area contributed by atoms with Crippen LogP contribution in [-0.2, 0) is 11.2 Å². The Kier molecular flexibility index (Phi) is 6.00. The molecule has 4 aromatic rings. The number of hydrogen-bond acceptors (Lipinski definition) is 5. The fraction of sp³-hybridized carbons (Fsp3) is 0.222. The van der Waals surface area contributed by atoms with Gasteiger partial charge in [-0.3, -0.25) is 9.78 Å². The summed E-state index contributed by atoms with van der Waals surface area (Å²) in [6.45, 7) is 1.02. The number of fused-ring (bicyclic) bond motifs is 1. The largest absolute Gasteiger partial charge is 0.394 e. The van der Waals surface area contributed by atoms with E-state index in [-0.39, 0.29) is 18.6 Å². The topological polar surface area (TPSA) is 78.4 Å². The summed E-state index contributed by atoms with van der Waals surface area (Å²) in [6.07, 6.45) is 4.18. The minimum Gasteiger partial charge on any atom is -0.394 e. The van der Waals surface area contributed by atoms with Crippen molar-refractivity contribution in [3.8, 4) is 11.1 Å². The van der Waals surface area contributed by atoms with Crippen molar-refractivity contribution in [2.24, 2.45) is 0 Å². The summed E-state index contributed by atoms with van der Waals surface area (Å²) in [4.78, 5) is 23.9. The Morgan fingerprint density at radius 2 is 1.79 bits per heavy atom. The molecule has 0 bridgehead atoms. The fourth-order valence-corrected chi connectivity index (χ4v) is 4.38. The Bertz CT molecular complexity index is 1260. The first-order chi connectivity index (χ1) is 16.2.